The summed E-state index contributed by atoms with van der Waals surface area (Å²) in [5, 5.41) is 4.99. The molecule has 0 aliphatic heterocycles. The average molecular weight is 404 g/mol. The molecule has 3 N–H and O–H groups in total. The van der Waals surface area contributed by atoms with E-state index < -0.39 is 0 Å². The van der Waals surface area contributed by atoms with Crippen molar-refractivity contribution in [2.45, 2.75) is 19.5 Å². The number of esters is 1. The topological polar surface area (TPSA) is 72.0 Å². The van der Waals surface area contributed by atoms with Crippen LogP contribution in [0.25, 0.3) is 0 Å². The molecule has 30 heavy (non-hydrogen) atoms. The van der Waals surface area contributed by atoms with Crippen molar-refractivity contribution in [2.75, 3.05) is 13.7 Å². The molecule has 0 spiro atoms. The fraction of sp³-hybridized carbons (Fsp3) is 0.200. The molecular weight excluding hydrogens is 376 g/mol. The highest BCUT2D eigenvalue weighted by molar-refractivity contribution is 5.89. The highest BCUT2D eigenvalue weighted by Gasteiger charge is 2.18. The number of carbonyl (C=O) groups is 2. The lowest BCUT2D eigenvalue weighted by atomic mass is 9.98. The normalized spacial score (nSPS) is 11.5. The molecule has 0 aromatic heterocycles. The van der Waals surface area contributed by atoms with Gasteiger partial charge < -0.3 is 15.4 Å². The van der Waals surface area contributed by atoms with E-state index in [1.165, 1.54) is 12.7 Å². The molecule has 3 rings (SSSR count). The van der Waals surface area contributed by atoms with Crippen LogP contribution in [0.1, 0.15) is 38.7 Å². The Morgan fingerprint density at radius 1 is 0.900 bits per heavy atom. The molecule has 0 radical (unpaired) electrons. The van der Waals surface area contributed by atoms with E-state index in [0.29, 0.717) is 18.7 Å². The second kappa shape index (κ2) is 10.4. The first-order valence-electron chi connectivity index (χ1n) is 9.95. The molecule has 0 aliphatic carbocycles. The summed E-state index contributed by atoms with van der Waals surface area (Å²) in [5.74, 6) is -0.414. The maximum atomic E-state index is 12.4. The van der Waals surface area contributed by atoms with Crippen molar-refractivity contribution in [3.63, 3.8) is 0 Å². The zero-order valence-electron chi connectivity index (χ0n) is 17.3. The minimum absolute atomic E-state index is 0.0416. The maximum absolute atomic E-state index is 12.4. The van der Waals surface area contributed by atoms with Gasteiger partial charge in [-0.1, -0.05) is 72.3 Å². The van der Waals surface area contributed by atoms with E-state index >= 15 is 0 Å². The van der Waals surface area contributed by atoms with E-state index in [9.17, 15) is 9.59 Å². The van der Waals surface area contributed by atoms with E-state index in [-0.39, 0.29) is 17.9 Å². The summed E-state index contributed by atoms with van der Waals surface area (Å²) in [6, 6.07) is 25.7. The summed E-state index contributed by atoms with van der Waals surface area (Å²) >= 11 is 0. The van der Waals surface area contributed by atoms with Gasteiger partial charge in [-0.15, -0.1) is 0 Å². The predicted octanol–water partition coefficient (Wildman–Crippen LogP) is 2.75. The minimum atomic E-state index is -0.372. The van der Waals surface area contributed by atoms with Gasteiger partial charge in [-0.25, -0.2) is 4.79 Å². The number of ether oxygens (including phenoxy) is 1. The van der Waals surface area contributed by atoms with E-state index in [4.69, 9.17) is 4.74 Å². The molecule has 0 aliphatic rings. The van der Waals surface area contributed by atoms with Crippen molar-refractivity contribution >= 4 is 11.9 Å². The van der Waals surface area contributed by atoms with Crippen molar-refractivity contribution in [1.29, 1.82) is 0 Å². The second-order valence-electron chi connectivity index (χ2n) is 7.20. The molecular formula is C25H27N2O3+. The summed E-state index contributed by atoms with van der Waals surface area (Å²) in [5.41, 5.74) is 4.95. The molecule has 5 nitrogen and oxygen atoms in total. The molecule has 3 aromatic rings. The summed E-state index contributed by atoms with van der Waals surface area (Å²) in [4.78, 5) is 23.9. The number of carbonyl (C=O) groups excluding carboxylic acids is 2. The summed E-state index contributed by atoms with van der Waals surface area (Å²) in [6.07, 6.45) is 0. The minimum Gasteiger partial charge on any atom is -0.465 e. The van der Waals surface area contributed by atoms with Crippen molar-refractivity contribution in [2.24, 2.45) is 0 Å². The fourth-order valence-electron chi connectivity index (χ4n) is 3.27. The molecule has 1 atom stereocenters. The number of aryl methyl sites for hydroxylation is 1. The van der Waals surface area contributed by atoms with Gasteiger partial charge in [-0.2, -0.15) is 0 Å². The lowest BCUT2D eigenvalue weighted by Gasteiger charge is -2.17. The molecule has 0 saturated heterocycles. The Kier molecular flexibility index (Phi) is 7.35. The van der Waals surface area contributed by atoms with Crippen LogP contribution in [0.15, 0.2) is 78.9 Å². The standard InChI is InChI=1S/C25H26N2O3/c1-18-8-12-21(13-9-18)24(20-6-4-3-5-7-20)27-17-23(28)26-16-19-10-14-22(15-11-19)25(29)30-2/h3-15,24,27H,16-17H2,1-2H3,(H,26,28)/p+1/t24-/m1/s1. The molecule has 154 valence electrons. The van der Waals surface area contributed by atoms with Gasteiger partial charge >= 0.3 is 5.97 Å². The van der Waals surface area contributed by atoms with Crippen LogP contribution in [-0.2, 0) is 16.1 Å². The third kappa shape index (κ3) is 5.78. The third-order valence-electron chi connectivity index (χ3n) is 5.00. The predicted molar refractivity (Wildman–Crippen MR) is 116 cm³/mol. The zero-order chi connectivity index (χ0) is 21.3. The van der Waals surface area contributed by atoms with Crippen molar-refractivity contribution in [3.8, 4) is 0 Å². The Morgan fingerprint density at radius 3 is 2.17 bits per heavy atom. The van der Waals surface area contributed by atoms with Gasteiger partial charge in [0.1, 0.15) is 6.04 Å². The van der Waals surface area contributed by atoms with E-state index in [0.717, 1.165) is 16.7 Å². The van der Waals surface area contributed by atoms with Gasteiger partial charge in [0.05, 0.1) is 12.7 Å². The molecule has 3 aromatic carbocycles. The van der Waals surface area contributed by atoms with Crippen molar-refractivity contribution in [3.05, 3.63) is 107 Å². The van der Waals surface area contributed by atoms with Crippen molar-refractivity contribution in [1.82, 2.24) is 5.32 Å². The van der Waals surface area contributed by atoms with E-state index in [1.54, 1.807) is 12.1 Å². The maximum Gasteiger partial charge on any atom is 0.337 e. The largest absolute Gasteiger partial charge is 0.465 e. The molecule has 0 heterocycles. The number of amides is 1. The number of rotatable bonds is 8. The average Bonchev–Trinajstić information content (AvgIpc) is 2.79. The number of quaternary nitrogens is 1. The highest BCUT2D eigenvalue weighted by atomic mass is 16.5. The number of nitrogens with two attached hydrogens (primary N) is 1. The lowest BCUT2D eigenvalue weighted by Crippen LogP contribution is -2.87. The lowest BCUT2D eigenvalue weighted by molar-refractivity contribution is -0.676. The zero-order valence-corrected chi connectivity index (χ0v) is 17.3. The van der Waals surface area contributed by atoms with Crippen LogP contribution < -0.4 is 10.6 Å². The first-order chi connectivity index (χ1) is 14.6. The Morgan fingerprint density at radius 2 is 1.53 bits per heavy atom. The Bertz CT molecular complexity index is 968. The van der Waals surface area contributed by atoms with Crippen LogP contribution in [0.5, 0.6) is 0 Å². The molecule has 5 heteroatoms. The number of hydrogen-bond donors (Lipinski definition) is 2. The summed E-state index contributed by atoms with van der Waals surface area (Å²) in [6.45, 7) is 2.79. The number of methoxy groups -OCH3 is 1. The van der Waals surface area contributed by atoms with Crippen LogP contribution in [0.4, 0.5) is 0 Å². The Labute approximate surface area is 177 Å². The molecule has 0 unspecified atom stereocenters. The van der Waals surface area contributed by atoms with Gasteiger partial charge in [0.2, 0.25) is 0 Å². The van der Waals surface area contributed by atoms with Gasteiger partial charge in [-0.05, 0) is 24.6 Å². The smallest absolute Gasteiger partial charge is 0.337 e. The number of benzene rings is 3. The first kappa shape index (κ1) is 21.3. The van der Waals surface area contributed by atoms with Crippen molar-refractivity contribution < 1.29 is 19.6 Å². The molecule has 0 bridgehead atoms. The van der Waals surface area contributed by atoms with Crippen LogP contribution >= 0.6 is 0 Å². The van der Waals surface area contributed by atoms with Crippen LogP contribution in [-0.4, -0.2) is 25.5 Å². The SMILES string of the molecule is COC(=O)c1ccc(CNC(=O)C[NH2+][C@H](c2ccccc2)c2ccc(C)cc2)cc1. The van der Waals surface area contributed by atoms with E-state index in [2.05, 4.69) is 54.0 Å². The number of nitrogens with one attached hydrogen (secondary N) is 1. The van der Waals surface area contributed by atoms with E-state index in [1.807, 2.05) is 30.3 Å². The Hall–Kier alpha value is -3.44. The van der Waals surface area contributed by atoms with Gasteiger partial charge in [0.25, 0.3) is 5.91 Å². The third-order valence-corrected chi connectivity index (χ3v) is 5.00. The van der Waals surface area contributed by atoms with Crippen LogP contribution in [0.2, 0.25) is 0 Å². The monoisotopic (exact) mass is 403 g/mol. The Balaban J connectivity index is 1.59. The number of hydrogen-bond acceptors (Lipinski definition) is 3. The quantitative estimate of drug-likeness (QED) is 0.568. The second-order valence-corrected chi connectivity index (χ2v) is 7.20. The van der Waals surface area contributed by atoms with Gasteiger partial charge in [0.15, 0.2) is 6.54 Å². The highest BCUT2D eigenvalue weighted by Crippen LogP contribution is 2.18. The summed E-state index contributed by atoms with van der Waals surface area (Å²) < 4.78 is 4.70. The molecule has 0 saturated carbocycles. The van der Waals surface area contributed by atoms with Crippen LogP contribution in [0, 0.1) is 6.92 Å². The van der Waals surface area contributed by atoms with Crippen LogP contribution in [0.3, 0.4) is 0 Å². The first-order valence-corrected chi connectivity index (χ1v) is 9.95. The fourth-order valence-corrected chi connectivity index (χ4v) is 3.27. The molecule has 0 fully saturated rings. The summed E-state index contributed by atoms with van der Waals surface area (Å²) in [7, 11) is 1.35. The van der Waals surface area contributed by atoms with Gasteiger partial charge in [-0.3, -0.25) is 4.79 Å². The molecule has 1 amide bonds. The van der Waals surface area contributed by atoms with Gasteiger partial charge in [0, 0.05) is 17.7 Å².